The van der Waals surface area contributed by atoms with Crippen molar-refractivity contribution in [1.82, 2.24) is 0 Å². The highest BCUT2D eigenvalue weighted by atomic mass is 28.5. The molecule has 6 nitrogen and oxygen atoms in total. The lowest BCUT2D eigenvalue weighted by Gasteiger charge is -2.47. The van der Waals surface area contributed by atoms with E-state index in [1.807, 2.05) is 0 Å². The smallest absolute Gasteiger partial charge is 0.417 e. The third-order valence-corrected chi connectivity index (χ3v) is 27.8. The largest absolute Gasteiger partial charge is 0.467 e. The molecule has 13 heteroatoms. The molecule has 0 saturated carbocycles. The second-order valence-corrected chi connectivity index (χ2v) is 41.4. The Labute approximate surface area is 201 Å². The Morgan fingerprint density at radius 1 is 0.355 bits per heavy atom. The van der Waals surface area contributed by atoms with Crippen LogP contribution in [0.15, 0.2) is 0 Å². The van der Waals surface area contributed by atoms with Gasteiger partial charge in [-0.25, -0.2) is 0 Å². The van der Waals surface area contributed by atoms with E-state index < -0.39 is 59.4 Å². The third-order valence-electron chi connectivity index (χ3n) is 3.79. The van der Waals surface area contributed by atoms with Crippen LogP contribution in [0.25, 0.3) is 0 Å². The average molecular weight is 561 g/mol. The van der Waals surface area contributed by atoms with Crippen LogP contribution in [0.2, 0.25) is 104 Å². The number of hydrogen-bond donors (Lipinski definition) is 0. The second-order valence-electron chi connectivity index (χ2n) is 13.0. The molecule has 0 saturated heterocycles. The van der Waals surface area contributed by atoms with Crippen LogP contribution in [0.4, 0.5) is 0 Å². The van der Waals surface area contributed by atoms with Gasteiger partial charge in [-0.3, -0.25) is 0 Å². The molecule has 0 rings (SSSR count). The molecule has 0 unspecified atom stereocenters. The molecule has 0 fully saturated rings. The molecule has 0 radical (unpaired) electrons. The fourth-order valence-electron chi connectivity index (χ4n) is 3.34. The van der Waals surface area contributed by atoms with E-state index in [-0.39, 0.29) is 5.54 Å². The van der Waals surface area contributed by atoms with Crippen LogP contribution in [0.3, 0.4) is 0 Å². The Bertz CT molecular complexity index is 500. The van der Waals surface area contributed by atoms with Gasteiger partial charge < -0.3 is 24.7 Å². The van der Waals surface area contributed by atoms with Gasteiger partial charge in [0.2, 0.25) is 0 Å². The summed E-state index contributed by atoms with van der Waals surface area (Å²) in [7, 11) is -16.3. The maximum atomic E-state index is 6.95. The zero-order valence-electron chi connectivity index (χ0n) is 23.5. The van der Waals surface area contributed by atoms with Gasteiger partial charge in [0.15, 0.2) is 33.3 Å². The van der Waals surface area contributed by atoms with Crippen molar-refractivity contribution in [2.45, 2.75) is 118 Å². The fourth-order valence-corrected chi connectivity index (χ4v) is 32.7. The van der Waals surface area contributed by atoms with Crippen LogP contribution in [0.1, 0.15) is 13.8 Å². The molecule has 0 aliphatic carbocycles. The maximum absolute atomic E-state index is 6.95. The van der Waals surface area contributed by atoms with Crippen LogP contribution in [-0.4, -0.2) is 59.4 Å². The predicted molar refractivity (Wildman–Crippen MR) is 150 cm³/mol. The van der Waals surface area contributed by atoms with Gasteiger partial charge in [0.05, 0.1) is 0 Å². The van der Waals surface area contributed by atoms with E-state index in [1.54, 1.807) is 0 Å². The Balaban J connectivity index is 6.24. The summed E-state index contributed by atoms with van der Waals surface area (Å²) in [6, 6.07) is 0. The van der Waals surface area contributed by atoms with E-state index in [4.69, 9.17) is 24.7 Å². The van der Waals surface area contributed by atoms with Crippen molar-refractivity contribution in [3.05, 3.63) is 0 Å². The summed E-state index contributed by atoms with van der Waals surface area (Å²) in [4.78, 5) is 0. The lowest BCUT2D eigenvalue weighted by Crippen LogP contribution is -2.66. The van der Waals surface area contributed by atoms with Gasteiger partial charge in [-0.15, -0.1) is 0 Å². The van der Waals surface area contributed by atoms with Gasteiger partial charge in [0.1, 0.15) is 0 Å². The first kappa shape index (κ1) is 32.3. The summed E-state index contributed by atoms with van der Waals surface area (Å²) in [6.07, 6.45) is 0. The molecule has 0 N–H and O–H groups in total. The Morgan fingerprint density at radius 3 is 0.677 bits per heavy atom. The van der Waals surface area contributed by atoms with Crippen molar-refractivity contribution in [3.8, 4) is 0 Å². The minimum Gasteiger partial charge on any atom is -0.417 e. The lowest BCUT2D eigenvalue weighted by molar-refractivity contribution is 0.191. The predicted octanol–water partition coefficient (Wildman–Crippen LogP) is 7.05. The third kappa shape index (κ3) is 14.3. The number of rotatable bonds is 13. The van der Waals surface area contributed by atoms with Crippen LogP contribution in [0.5, 0.6) is 0 Å². The minimum absolute atomic E-state index is 0.192. The van der Waals surface area contributed by atoms with Gasteiger partial charge in [-0.05, 0) is 90.7 Å². The SMILES string of the molecule is CC(C)[Si](C)(O[Si](C)(O[Si](C)(C)C)O[Si](C)(C)C)O[Si](C)(O[Si](C)(C)C)O[Si](C)(C)C. The zero-order valence-corrected chi connectivity index (χ0v) is 30.5. The average Bonchev–Trinajstić information content (AvgIpc) is 2.25. The first-order chi connectivity index (χ1) is 13.2. The molecule has 0 heterocycles. The monoisotopic (exact) mass is 560 g/mol. The van der Waals surface area contributed by atoms with E-state index in [9.17, 15) is 0 Å². The summed E-state index contributed by atoms with van der Waals surface area (Å²) >= 11 is 0. The van der Waals surface area contributed by atoms with Gasteiger partial charge in [0.25, 0.3) is 0 Å². The van der Waals surface area contributed by atoms with Crippen molar-refractivity contribution in [3.63, 3.8) is 0 Å². The lowest BCUT2D eigenvalue weighted by atomic mass is 10.6. The molecule has 188 valence electrons. The van der Waals surface area contributed by atoms with Gasteiger partial charge in [-0.1, -0.05) is 13.8 Å². The standard InChI is InChI=1S/C18H52O6Si7/c1-18(2)29(15,23-30(16,19-25(3,4)5)20-26(6,7)8)24-31(17,21-27(9,10)11)22-28(12,13)14/h18H,1-17H3. The van der Waals surface area contributed by atoms with Crippen LogP contribution in [0, 0.1) is 0 Å². The van der Waals surface area contributed by atoms with Crippen molar-refractivity contribution >= 4 is 59.4 Å². The molecule has 0 bridgehead atoms. The zero-order chi connectivity index (χ0) is 25.3. The van der Waals surface area contributed by atoms with Crippen LogP contribution >= 0.6 is 0 Å². The first-order valence-corrected chi connectivity index (χ1v) is 31.9. The van der Waals surface area contributed by atoms with Crippen molar-refractivity contribution < 1.29 is 24.7 Å². The van der Waals surface area contributed by atoms with Crippen molar-refractivity contribution in [2.75, 3.05) is 0 Å². The van der Waals surface area contributed by atoms with E-state index in [0.29, 0.717) is 0 Å². The quantitative estimate of drug-likeness (QED) is 0.225. The van der Waals surface area contributed by atoms with E-state index in [2.05, 4.69) is 112 Å². The maximum Gasteiger partial charge on any atom is 0.467 e. The van der Waals surface area contributed by atoms with Gasteiger partial charge in [-0.2, -0.15) is 0 Å². The topological polar surface area (TPSA) is 55.4 Å². The summed E-state index contributed by atoms with van der Waals surface area (Å²) in [5.74, 6) is 0. The molecule has 0 aromatic rings. The van der Waals surface area contributed by atoms with Gasteiger partial charge in [0, 0.05) is 13.1 Å². The number of hydrogen-bond acceptors (Lipinski definition) is 6. The molecule has 0 amide bonds. The molecule has 31 heavy (non-hydrogen) atoms. The Kier molecular flexibility index (Phi) is 10.9. The normalized spacial score (nSPS) is 15.7. The van der Waals surface area contributed by atoms with E-state index in [1.165, 1.54) is 0 Å². The Morgan fingerprint density at radius 2 is 0.548 bits per heavy atom. The molecular weight excluding hydrogens is 509 g/mol. The minimum atomic E-state index is -2.94. The molecule has 0 aromatic carbocycles. The molecule has 0 atom stereocenters. The second kappa shape index (κ2) is 10.5. The van der Waals surface area contributed by atoms with Crippen molar-refractivity contribution in [2.24, 2.45) is 0 Å². The van der Waals surface area contributed by atoms with Crippen LogP contribution in [-0.2, 0) is 24.7 Å². The molecule has 0 spiro atoms. The molecule has 0 aromatic heterocycles. The van der Waals surface area contributed by atoms with Crippen LogP contribution < -0.4 is 0 Å². The molecule has 0 aliphatic heterocycles. The summed E-state index contributed by atoms with van der Waals surface area (Å²) in [5, 5.41) is 0. The Hall–Kier alpha value is 1.28. The molecular formula is C18H52O6Si7. The summed E-state index contributed by atoms with van der Waals surface area (Å²) in [5.41, 5.74) is 0.192. The van der Waals surface area contributed by atoms with E-state index >= 15 is 0 Å². The van der Waals surface area contributed by atoms with E-state index in [0.717, 1.165) is 0 Å². The van der Waals surface area contributed by atoms with Gasteiger partial charge >= 0.3 is 26.2 Å². The fraction of sp³-hybridized carbons (Fsp3) is 1.00. The molecule has 0 aliphatic rings. The van der Waals surface area contributed by atoms with Crippen molar-refractivity contribution in [1.29, 1.82) is 0 Å². The first-order valence-electron chi connectivity index (χ1n) is 11.4. The highest BCUT2D eigenvalue weighted by Gasteiger charge is 2.56. The summed E-state index contributed by atoms with van der Waals surface area (Å²) < 4.78 is 40.4. The highest BCUT2D eigenvalue weighted by Crippen LogP contribution is 2.35. The highest BCUT2D eigenvalue weighted by molar-refractivity contribution is 6.93. The summed E-state index contributed by atoms with van der Waals surface area (Å²) in [6.45, 7) is 36.8.